The molecule has 3 rings (SSSR count). The summed E-state index contributed by atoms with van der Waals surface area (Å²) in [6, 6.07) is 7.61. The van der Waals surface area contributed by atoms with Gasteiger partial charge < -0.3 is 10.6 Å². The number of likely N-dealkylation sites (tertiary alicyclic amines) is 1. The molecule has 0 spiro atoms. The molecule has 1 amide bonds. The summed E-state index contributed by atoms with van der Waals surface area (Å²) >= 11 is 0. The van der Waals surface area contributed by atoms with Gasteiger partial charge in [-0.05, 0) is 50.7 Å². The van der Waals surface area contributed by atoms with Gasteiger partial charge in [0, 0.05) is 30.9 Å². The van der Waals surface area contributed by atoms with Crippen molar-refractivity contribution in [2.24, 2.45) is 0 Å². The summed E-state index contributed by atoms with van der Waals surface area (Å²) in [7, 11) is 3.73. The number of amides is 1. The lowest BCUT2D eigenvalue weighted by Crippen LogP contribution is -2.44. The summed E-state index contributed by atoms with van der Waals surface area (Å²) in [5, 5.41) is 0. The van der Waals surface area contributed by atoms with Gasteiger partial charge in [-0.3, -0.25) is 9.69 Å². The van der Waals surface area contributed by atoms with Crippen molar-refractivity contribution in [2.75, 3.05) is 32.9 Å². The van der Waals surface area contributed by atoms with Gasteiger partial charge in [0.25, 0.3) is 0 Å². The molecule has 0 aliphatic carbocycles. The van der Waals surface area contributed by atoms with Crippen LogP contribution in [0.15, 0.2) is 36.5 Å². The molecule has 0 radical (unpaired) electrons. The van der Waals surface area contributed by atoms with E-state index in [1.165, 1.54) is 12.1 Å². The zero-order valence-corrected chi connectivity index (χ0v) is 15.1. The fourth-order valence-electron chi connectivity index (χ4n) is 3.49. The van der Waals surface area contributed by atoms with Gasteiger partial charge in [0.2, 0.25) is 11.9 Å². The van der Waals surface area contributed by atoms with Crippen LogP contribution < -0.4 is 5.73 Å². The summed E-state index contributed by atoms with van der Waals surface area (Å²) in [4.78, 5) is 25.1. The number of nitrogens with zero attached hydrogens (tertiary/aromatic N) is 4. The second kappa shape index (κ2) is 7.78. The maximum Gasteiger partial charge on any atom is 0.244 e. The molecule has 138 valence electrons. The number of carbonyl (C=O) groups is 1. The zero-order valence-electron chi connectivity index (χ0n) is 15.1. The normalized spacial score (nSPS) is 16.7. The molecule has 2 heterocycles. The number of halogens is 1. The molecule has 7 heteroatoms. The number of hydrogen-bond acceptors (Lipinski definition) is 5. The third-order valence-corrected chi connectivity index (χ3v) is 4.86. The first-order valence-corrected chi connectivity index (χ1v) is 8.75. The van der Waals surface area contributed by atoms with E-state index in [1.54, 1.807) is 18.3 Å². The molecule has 1 aromatic carbocycles. The maximum absolute atomic E-state index is 13.2. The summed E-state index contributed by atoms with van der Waals surface area (Å²) < 4.78 is 13.2. The van der Waals surface area contributed by atoms with Crippen LogP contribution in [-0.4, -0.2) is 52.9 Å². The Hall–Kier alpha value is -2.54. The first-order chi connectivity index (χ1) is 12.5. The topological polar surface area (TPSA) is 75.4 Å². The highest BCUT2D eigenvalue weighted by Crippen LogP contribution is 2.29. The van der Waals surface area contributed by atoms with Crippen molar-refractivity contribution < 1.29 is 9.18 Å². The van der Waals surface area contributed by atoms with Gasteiger partial charge in [-0.1, -0.05) is 12.1 Å². The second-order valence-corrected chi connectivity index (χ2v) is 6.86. The van der Waals surface area contributed by atoms with Gasteiger partial charge in [0.1, 0.15) is 11.9 Å². The van der Waals surface area contributed by atoms with Gasteiger partial charge in [-0.15, -0.1) is 0 Å². The molecule has 1 saturated heterocycles. The highest BCUT2D eigenvalue weighted by atomic mass is 19.1. The van der Waals surface area contributed by atoms with Crippen LogP contribution >= 0.6 is 0 Å². The first kappa shape index (κ1) is 18.3. The predicted octanol–water partition coefficient (Wildman–Crippen LogP) is 2.21. The van der Waals surface area contributed by atoms with Gasteiger partial charge in [0.15, 0.2) is 0 Å². The zero-order chi connectivity index (χ0) is 18.7. The molecular formula is C19H24FN5O. The molecule has 0 bridgehead atoms. The van der Waals surface area contributed by atoms with Crippen molar-refractivity contribution >= 4 is 11.9 Å². The molecule has 6 nitrogen and oxygen atoms in total. The average Bonchev–Trinajstić information content (AvgIpc) is 2.63. The Balaban J connectivity index is 1.69. The monoisotopic (exact) mass is 357 g/mol. The van der Waals surface area contributed by atoms with E-state index in [9.17, 15) is 9.18 Å². The maximum atomic E-state index is 13.2. The quantitative estimate of drug-likeness (QED) is 0.908. The molecule has 1 atom stereocenters. The highest BCUT2D eigenvalue weighted by Gasteiger charge is 2.31. The number of benzene rings is 1. The molecule has 2 aromatic rings. The van der Waals surface area contributed by atoms with E-state index >= 15 is 0 Å². The first-order valence-electron chi connectivity index (χ1n) is 8.75. The van der Waals surface area contributed by atoms with Crippen LogP contribution in [0.25, 0.3) is 0 Å². The van der Waals surface area contributed by atoms with Crippen LogP contribution in [0.1, 0.15) is 36.1 Å². The molecular weight excluding hydrogens is 333 g/mol. The third kappa shape index (κ3) is 3.99. The van der Waals surface area contributed by atoms with Gasteiger partial charge in [0.05, 0.1) is 0 Å². The van der Waals surface area contributed by atoms with Crippen molar-refractivity contribution in [2.45, 2.75) is 24.8 Å². The van der Waals surface area contributed by atoms with Gasteiger partial charge in [-0.25, -0.2) is 14.4 Å². The number of nitrogens with two attached hydrogens (primary N) is 1. The van der Waals surface area contributed by atoms with Gasteiger partial charge in [-0.2, -0.15) is 0 Å². The second-order valence-electron chi connectivity index (χ2n) is 6.86. The molecule has 26 heavy (non-hydrogen) atoms. The Bertz CT molecular complexity index is 757. The predicted molar refractivity (Wildman–Crippen MR) is 97.8 cm³/mol. The smallest absolute Gasteiger partial charge is 0.244 e. The molecule has 1 aliphatic heterocycles. The minimum Gasteiger partial charge on any atom is -0.368 e. The van der Waals surface area contributed by atoms with E-state index in [2.05, 4.69) is 9.97 Å². The van der Waals surface area contributed by atoms with Crippen molar-refractivity contribution in [1.82, 2.24) is 19.8 Å². The van der Waals surface area contributed by atoms with Crippen molar-refractivity contribution in [1.29, 1.82) is 0 Å². The minimum atomic E-state index is -0.415. The van der Waals surface area contributed by atoms with Crippen molar-refractivity contribution in [3.05, 3.63) is 53.6 Å². The Morgan fingerprint density at radius 2 is 1.88 bits per heavy atom. The summed E-state index contributed by atoms with van der Waals surface area (Å²) in [5.41, 5.74) is 7.41. The number of hydrogen-bond donors (Lipinski definition) is 1. The molecule has 0 unspecified atom stereocenters. The molecule has 2 N–H and O–H groups in total. The average molecular weight is 357 g/mol. The van der Waals surface area contributed by atoms with E-state index in [0.717, 1.165) is 24.1 Å². The highest BCUT2D eigenvalue weighted by molar-refractivity contribution is 5.83. The summed E-state index contributed by atoms with van der Waals surface area (Å²) in [6.45, 7) is 1.33. The SMILES string of the molecule is CN(C)[C@H](C(=O)N1CCC(c2ccnc(N)n2)CC1)c1ccc(F)cc1. The van der Waals surface area contributed by atoms with Gasteiger partial charge >= 0.3 is 0 Å². The fourth-order valence-corrected chi connectivity index (χ4v) is 3.49. The Kier molecular flexibility index (Phi) is 5.46. The lowest BCUT2D eigenvalue weighted by atomic mass is 9.92. The number of nitrogen functional groups attached to an aromatic ring is 1. The number of rotatable bonds is 4. The lowest BCUT2D eigenvalue weighted by Gasteiger charge is -2.36. The van der Waals surface area contributed by atoms with Crippen molar-refractivity contribution in [3.63, 3.8) is 0 Å². The van der Waals surface area contributed by atoms with E-state index in [1.807, 2.05) is 30.0 Å². The van der Waals surface area contributed by atoms with E-state index in [0.29, 0.717) is 13.1 Å². The number of carbonyl (C=O) groups excluding carboxylic acids is 1. The summed E-state index contributed by atoms with van der Waals surface area (Å²) in [6.07, 6.45) is 3.35. The van der Waals surface area contributed by atoms with Crippen LogP contribution in [0.4, 0.5) is 10.3 Å². The van der Waals surface area contributed by atoms with E-state index < -0.39 is 6.04 Å². The van der Waals surface area contributed by atoms with Crippen LogP contribution in [0.5, 0.6) is 0 Å². The number of piperidine rings is 1. The lowest BCUT2D eigenvalue weighted by molar-refractivity contribution is -0.137. The van der Waals surface area contributed by atoms with E-state index in [4.69, 9.17) is 5.73 Å². The fraction of sp³-hybridized carbons (Fsp3) is 0.421. The molecule has 1 fully saturated rings. The van der Waals surface area contributed by atoms with Crippen molar-refractivity contribution in [3.8, 4) is 0 Å². The standard InChI is InChI=1S/C19H24FN5O/c1-24(2)17(14-3-5-15(20)6-4-14)18(26)25-11-8-13(9-12-25)16-7-10-22-19(21)23-16/h3-7,10,13,17H,8-9,11-12H2,1-2H3,(H2,21,22,23)/t17-/m0/s1. The molecule has 1 aliphatic rings. The Morgan fingerprint density at radius 3 is 2.46 bits per heavy atom. The van der Waals surface area contributed by atoms with Crippen LogP contribution in [0.3, 0.4) is 0 Å². The summed E-state index contributed by atoms with van der Waals surface area (Å²) in [5.74, 6) is 0.309. The molecule has 1 aromatic heterocycles. The number of anilines is 1. The number of aromatic nitrogens is 2. The molecule has 0 saturated carbocycles. The number of likely N-dealkylation sites (N-methyl/N-ethyl adjacent to an activating group) is 1. The van der Waals surface area contributed by atoms with Crippen LogP contribution in [-0.2, 0) is 4.79 Å². The van der Waals surface area contributed by atoms with Crippen LogP contribution in [0.2, 0.25) is 0 Å². The van der Waals surface area contributed by atoms with E-state index in [-0.39, 0.29) is 23.6 Å². The third-order valence-electron chi connectivity index (χ3n) is 4.86. The Labute approximate surface area is 152 Å². The largest absolute Gasteiger partial charge is 0.368 e. The Morgan fingerprint density at radius 1 is 1.23 bits per heavy atom. The van der Waals surface area contributed by atoms with Crippen LogP contribution in [0, 0.1) is 5.82 Å². The minimum absolute atomic E-state index is 0.0438.